The van der Waals surface area contributed by atoms with E-state index in [1.54, 1.807) is 0 Å². The van der Waals surface area contributed by atoms with Gasteiger partial charge in [0, 0.05) is 16.2 Å². The van der Waals surface area contributed by atoms with E-state index in [4.69, 9.17) is 16.0 Å². The minimum atomic E-state index is -0.613. The Hall–Kier alpha value is -2.43. The third-order valence-electron chi connectivity index (χ3n) is 3.47. The first kappa shape index (κ1) is 20.3. The molecule has 0 aliphatic rings. The first-order valence-corrected chi connectivity index (χ1v) is 10.00. The van der Waals surface area contributed by atoms with Crippen molar-refractivity contribution in [1.29, 1.82) is 0 Å². The fraction of sp³-hybridized carbons (Fsp3) is 0.118. The number of anilines is 1. The highest BCUT2D eigenvalue weighted by atomic mass is 79.9. The lowest BCUT2D eigenvalue weighted by Gasteiger charge is -2.04. The summed E-state index contributed by atoms with van der Waals surface area (Å²) < 4.78 is 6.51. The van der Waals surface area contributed by atoms with Crippen LogP contribution in [0.3, 0.4) is 0 Å². The number of thioether (sulfide) groups is 1. The van der Waals surface area contributed by atoms with Crippen LogP contribution in [0, 0.1) is 10.1 Å². The highest BCUT2D eigenvalue weighted by molar-refractivity contribution is 9.10. The maximum absolute atomic E-state index is 12.1. The van der Waals surface area contributed by atoms with Gasteiger partial charge in [-0.25, -0.2) is 0 Å². The van der Waals surface area contributed by atoms with Crippen molar-refractivity contribution in [1.82, 2.24) is 10.2 Å². The Morgan fingerprint density at radius 2 is 2.00 bits per heavy atom. The van der Waals surface area contributed by atoms with Gasteiger partial charge in [-0.15, -0.1) is 10.2 Å². The van der Waals surface area contributed by atoms with Crippen LogP contribution >= 0.6 is 39.3 Å². The molecule has 0 saturated heterocycles. The molecule has 0 aliphatic carbocycles. The zero-order chi connectivity index (χ0) is 20.1. The molecular formula is C17H12BrClN4O4S. The SMILES string of the molecule is O=C(CSc1nnc(Cc2ccc(Br)cc2)o1)Nc1ccc(Cl)c([N+](=O)[O-])c1. The molecule has 2 aromatic carbocycles. The van der Waals surface area contributed by atoms with Gasteiger partial charge in [0.2, 0.25) is 11.8 Å². The van der Waals surface area contributed by atoms with Gasteiger partial charge in [-0.3, -0.25) is 14.9 Å². The first-order valence-electron chi connectivity index (χ1n) is 7.84. The van der Waals surface area contributed by atoms with Crippen LogP contribution in [0.4, 0.5) is 11.4 Å². The second kappa shape index (κ2) is 9.18. The maximum Gasteiger partial charge on any atom is 0.289 e. The van der Waals surface area contributed by atoms with Crippen LogP contribution < -0.4 is 5.32 Å². The molecule has 28 heavy (non-hydrogen) atoms. The van der Waals surface area contributed by atoms with E-state index in [1.165, 1.54) is 18.2 Å². The summed E-state index contributed by atoms with van der Waals surface area (Å²) in [7, 11) is 0. The number of carbonyl (C=O) groups is 1. The predicted octanol–water partition coefficient (Wildman–Crippen LogP) is 4.72. The van der Waals surface area contributed by atoms with Gasteiger partial charge < -0.3 is 9.73 Å². The first-order chi connectivity index (χ1) is 13.4. The van der Waals surface area contributed by atoms with Gasteiger partial charge in [-0.1, -0.05) is 51.4 Å². The van der Waals surface area contributed by atoms with E-state index in [0.29, 0.717) is 12.3 Å². The Balaban J connectivity index is 1.54. The van der Waals surface area contributed by atoms with Gasteiger partial charge in [0.05, 0.1) is 17.1 Å². The minimum absolute atomic E-state index is 0.00142. The summed E-state index contributed by atoms with van der Waals surface area (Å²) in [5, 5.41) is 21.6. The summed E-state index contributed by atoms with van der Waals surface area (Å²) in [4.78, 5) is 22.3. The van der Waals surface area contributed by atoms with E-state index < -0.39 is 4.92 Å². The van der Waals surface area contributed by atoms with E-state index >= 15 is 0 Å². The smallest absolute Gasteiger partial charge is 0.289 e. The van der Waals surface area contributed by atoms with Crippen LogP contribution in [0.25, 0.3) is 0 Å². The molecule has 0 fully saturated rings. The zero-order valence-corrected chi connectivity index (χ0v) is 17.3. The number of nitro groups is 1. The van der Waals surface area contributed by atoms with Gasteiger partial charge in [-0.05, 0) is 29.8 Å². The number of rotatable bonds is 7. The monoisotopic (exact) mass is 482 g/mol. The average molecular weight is 484 g/mol. The Morgan fingerprint density at radius 1 is 1.25 bits per heavy atom. The lowest BCUT2D eigenvalue weighted by molar-refractivity contribution is -0.384. The second-order valence-electron chi connectivity index (χ2n) is 5.53. The van der Waals surface area contributed by atoms with Crippen molar-refractivity contribution >= 4 is 56.6 Å². The number of hydrogen-bond acceptors (Lipinski definition) is 7. The molecule has 0 atom stereocenters. The Labute approximate surface area is 177 Å². The molecule has 0 aliphatic heterocycles. The number of carbonyl (C=O) groups excluding carboxylic acids is 1. The molecular weight excluding hydrogens is 472 g/mol. The van der Waals surface area contributed by atoms with Gasteiger partial charge in [0.1, 0.15) is 5.02 Å². The van der Waals surface area contributed by atoms with Crippen LogP contribution in [0.15, 0.2) is 56.6 Å². The predicted molar refractivity (Wildman–Crippen MR) is 109 cm³/mol. The number of hydrogen-bond donors (Lipinski definition) is 1. The summed E-state index contributed by atoms with van der Waals surface area (Å²) in [5.74, 6) is 0.0870. The maximum atomic E-state index is 12.1. The molecule has 0 spiro atoms. The second-order valence-corrected chi connectivity index (χ2v) is 7.77. The number of amides is 1. The van der Waals surface area contributed by atoms with E-state index in [0.717, 1.165) is 21.8 Å². The molecule has 3 aromatic rings. The third kappa shape index (κ3) is 5.54. The fourth-order valence-electron chi connectivity index (χ4n) is 2.20. The van der Waals surface area contributed by atoms with E-state index in [1.807, 2.05) is 24.3 Å². The molecule has 11 heteroatoms. The molecule has 3 rings (SSSR count). The van der Waals surface area contributed by atoms with Gasteiger partial charge in [0.15, 0.2) is 0 Å². The number of benzene rings is 2. The summed E-state index contributed by atoms with van der Waals surface area (Å²) in [6, 6.07) is 11.8. The minimum Gasteiger partial charge on any atom is -0.416 e. The van der Waals surface area contributed by atoms with Gasteiger partial charge >= 0.3 is 0 Å². The summed E-state index contributed by atoms with van der Waals surface area (Å²) in [6.07, 6.45) is 0.488. The lowest BCUT2D eigenvalue weighted by atomic mass is 10.2. The number of nitro benzene ring substituents is 1. The molecule has 0 unspecified atom stereocenters. The highest BCUT2D eigenvalue weighted by Crippen LogP contribution is 2.27. The van der Waals surface area contributed by atoms with Crippen LogP contribution in [0.2, 0.25) is 5.02 Å². The molecule has 1 amide bonds. The number of nitrogens with one attached hydrogen (secondary N) is 1. The van der Waals surface area contributed by atoms with Crippen molar-refractivity contribution in [3.63, 3.8) is 0 Å². The quantitative estimate of drug-likeness (QED) is 0.294. The van der Waals surface area contributed by atoms with E-state index in [-0.39, 0.29) is 33.3 Å². The zero-order valence-electron chi connectivity index (χ0n) is 14.1. The number of nitrogens with zero attached hydrogens (tertiary/aromatic N) is 3. The summed E-state index contributed by atoms with van der Waals surface area (Å²) >= 11 is 10.2. The van der Waals surface area contributed by atoms with Crippen molar-refractivity contribution in [2.75, 3.05) is 11.1 Å². The largest absolute Gasteiger partial charge is 0.416 e. The fourth-order valence-corrected chi connectivity index (χ4v) is 3.23. The van der Waals surface area contributed by atoms with Crippen molar-refractivity contribution in [2.45, 2.75) is 11.6 Å². The normalized spacial score (nSPS) is 10.6. The summed E-state index contributed by atoms with van der Waals surface area (Å²) in [6.45, 7) is 0. The average Bonchev–Trinajstić information content (AvgIpc) is 3.11. The van der Waals surface area contributed by atoms with Crippen LogP contribution in [-0.2, 0) is 11.2 Å². The standard InChI is InChI=1S/C17H12BrClN4O4S/c18-11-3-1-10(2-4-11)7-16-21-22-17(27-16)28-9-15(24)20-12-5-6-13(19)14(8-12)23(25)26/h1-6,8H,7,9H2,(H,20,24). The topological polar surface area (TPSA) is 111 Å². The van der Waals surface area contributed by atoms with Crippen LogP contribution in [0.5, 0.6) is 0 Å². The lowest BCUT2D eigenvalue weighted by Crippen LogP contribution is -2.14. The van der Waals surface area contributed by atoms with Gasteiger partial charge in [0.25, 0.3) is 10.9 Å². The Bertz CT molecular complexity index is 1010. The Kier molecular flexibility index (Phi) is 6.65. The third-order valence-corrected chi connectivity index (χ3v) is 5.14. The molecule has 8 nitrogen and oxygen atoms in total. The Morgan fingerprint density at radius 3 is 2.71 bits per heavy atom. The van der Waals surface area contributed by atoms with Crippen molar-refractivity contribution in [2.24, 2.45) is 0 Å². The van der Waals surface area contributed by atoms with Crippen molar-refractivity contribution < 1.29 is 14.1 Å². The van der Waals surface area contributed by atoms with E-state index in [2.05, 4.69) is 31.4 Å². The molecule has 144 valence electrons. The molecule has 0 bridgehead atoms. The van der Waals surface area contributed by atoms with Gasteiger partial charge in [-0.2, -0.15) is 0 Å². The van der Waals surface area contributed by atoms with Crippen molar-refractivity contribution in [3.05, 3.63) is 73.5 Å². The molecule has 0 radical (unpaired) electrons. The molecule has 1 aromatic heterocycles. The molecule has 0 saturated carbocycles. The van der Waals surface area contributed by atoms with E-state index in [9.17, 15) is 14.9 Å². The van der Waals surface area contributed by atoms with Crippen LogP contribution in [0.1, 0.15) is 11.5 Å². The number of aromatic nitrogens is 2. The highest BCUT2D eigenvalue weighted by Gasteiger charge is 2.15. The number of halogens is 2. The van der Waals surface area contributed by atoms with Crippen molar-refractivity contribution in [3.8, 4) is 0 Å². The molecule has 1 heterocycles. The molecule has 1 N–H and O–H groups in total. The summed E-state index contributed by atoms with van der Waals surface area (Å²) in [5.41, 5.74) is 1.02. The van der Waals surface area contributed by atoms with Crippen LogP contribution in [-0.4, -0.2) is 26.8 Å².